The normalized spacial score (nSPS) is 10.3. The van der Waals surface area contributed by atoms with Gasteiger partial charge in [-0.25, -0.2) is 4.79 Å². The molecule has 0 atom stereocenters. The summed E-state index contributed by atoms with van der Waals surface area (Å²) in [4.78, 5) is 14.8. The van der Waals surface area contributed by atoms with Crippen molar-refractivity contribution < 1.29 is 14.6 Å². The molecule has 0 unspecified atom stereocenters. The third-order valence-electron chi connectivity index (χ3n) is 3.13. The van der Waals surface area contributed by atoms with Crippen molar-refractivity contribution in [3.8, 4) is 5.75 Å². The van der Waals surface area contributed by atoms with Crippen LogP contribution in [0.2, 0.25) is 0 Å². The molecule has 0 saturated carbocycles. The van der Waals surface area contributed by atoms with Gasteiger partial charge in [0.05, 0.1) is 18.4 Å². The second kappa shape index (κ2) is 7.40. The minimum atomic E-state index is -0.957. The number of aromatic nitrogens is 1. The summed E-state index contributed by atoms with van der Waals surface area (Å²) in [7, 11) is 1.65. The Morgan fingerprint density at radius 3 is 2.57 bits per heavy atom. The molecule has 1 aromatic carbocycles. The predicted molar refractivity (Wildman–Crippen MR) is 79.6 cm³/mol. The van der Waals surface area contributed by atoms with E-state index in [0.717, 1.165) is 24.4 Å². The second-order valence-corrected chi connectivity index (χ2v) is 4.62. The number of hydrogen-bond acceptors (Lipinski definition) is 4. The first-order valence-electron chi connectivity index (χ1n) is 6.71. The molecular formula is C16H18N2O3. The monoisotopic (exact) mass is 286 g/mol. The molecule has 0 bridgehead atoms. The first-order valence-corrected chi connectivity index (χ1v) is 6.71. The van der Waals surface area contributed by atoms with Crippen LogP contribution < -0.4 is 10.1 Å². The number of aromatic carboxylic acids is 1. The molecule has 0 amide bonds. The van der Waals surface area contributed by atoms with E-state index < -0.39 is 5.97 Å². The quantitative estimate of drug-likeness (QED) is 0.763. The number of nitrogens with one attached hydrogen (secondary N) is 1. The van der Waals surface area contributed by atoms with E-state index in [4.69, 9.17) is 9.84 Å². The van der Waals surface area contributed by atoms with E-state index in [1.165, 1.54) is 11.8 Å². The number of rotatable bonds is 7. The van der Waals surface area contributed by atoms with Crippen molar-refractivity contribution in [3.63, 3.8) is 0 Å². The fraction of sp³-hybridized carbons (Fsp3) is 0.250. The zero-order chi connectivity index (χ0) is 15.1. The summed E-state index contributed by atoms with van der Waals surface area (Å²) in [5.74, 6) is -0.101. The molecule has 5 heteroatoms. The summed E-state index contributed by atoms with van der Waals surface area (Å²) in [6.07, 6.45) is 2.29. The third kappa shape index (κ3) is 4.57. The molecule has 2 N–H and O–H groups in total. The molecule has 0 spiro atoms. The van der Waals surface area contributed by atoms with Crippen molar-refractivity contribution >= 4 is 5.97 Å². The van der Waals surface area contributed by atoms with Crippen LogP contribution in [0.4, 0.5) is 0 Å². The van der Waals surface area contributed by atoms with Gasteiger partial charge >= 0.3 is 5.97 Å². The Hall–Kier alpha value is -2.40. The lowest BCUT2D eigenvalue weighted by atomic mass is 10.1. The van der Waals surface area contributed by atoms with Crippen molar-refractivity contribution in [1.29, 1.82) is 0 Å². The lowest BCUT2D eigenvalue weighted by Crippen LogP contribution is -2.17. The van der Waals surface area contributed by atoms with E-state index in [0.29, 0.717) is 6.54 Å². The Bertz CT molecular complexity index is 579. The molecule has 0 radical (unpaired) electrons. The third-order valence-corrected chi connectivity index (χ3v) is 3.13. The van der Waals surface area contributed by atoms with Gasteiger partial charge in [-0.2, -0.15) is 0 Å². The van der Waals surface area contributed by atoms with Gasteiger partial charge in [-0.15, -0.1) is 0 Å². The van der Waals surface area contributed by atoms with Crippen molar-refractivity contribution in [2.24, 2.45) is 0 Å². The van der Waals surface area contributed by atoms with E-state index >= 15 is 0 Å². The average molecular weight is 286 g/mol. The van der Waals surface area contributed by atoms with Crippen molar-refractivity contribution in [2.75, 3.05) is 13.7 Å². The van der Waals surface area contributed by atoms with Gasteiger partial charge in [0.25, 0.3) is 0 Å². The van der Waals surface area contributed by atoms with Gasteiger partial charge in [0, 0.05) is 12.7 Å². The highest BCUT2D eigenvalue weighted by Crippen LogP contribution is 2.11. The van der Waals surface area contributed by atoms with Gasteiger partial charge in [-0.3, -0.25) is 4.98 Å². The van der Waals surface area contributed by atoms with E-state index in [2.05, 4.69) is 10.3 Å². The summed E-state index contributed by atoms with van der Waals surface area (Å²) >= 11 is 0. The Morgan fingerprint density at radius 2 is 2.00 bits per heavy atom. The Kier molecular flexibility index (Phi) is 5.29. The van der Waals surface area contributed by atoms with Crippen LogP contribution in [-0.4, -0.2) is 29.7 Å². The lowest BCUT2D eigenvalue weighted by Gasteiger charge is -2.06. The number of methoxy groups -OCH3 is 1. The number of carbonyl (C=O) groups is 1. The summed E-state index contributed by atoms with van der Waals surface area (Å²) in [6.45, 7) is 1.45. The SMILES string of the molecule is COc1ccc(CCNCc2ccc(C(=O)O)cn2)cc1. The lowest BCUT2D eigenvalue weighted by molar-refractivity contribution is 0.0696. The van der Waals surface area contributed by atoms with Crippen molar-refractivity contribution in [2.45, 2.75) is 13.0 Å². The number of nitrogens with zero attached hydrogens (tertiary/aromatic N) is 1. The number of benzene rings is 1. The summed E-state index contributed by atoms with van der Waals surface area (Å²) in [6, 6.07) is 11.3. The smallest absolute Gasteiger partial charge is 0.337 e. The summed E-state index contributed by atoms with van der Waals surface area (Å²) in [5, 5.41) is 12.1. The van der Waals surface area contributed by atoms with Crippen LogP contribution in [0, 0.1) is 0 Å². The minimum Gasteiger partial charge on any atom is -0.497 e. The first-order chi connectivity index (χ1) is 10.2. The summed E-state index contributed by atoms with van der Waals surface area (Å²) < 4.78 is 5.11. The van der Waals surface area contributed by atoms with Crippen LogP contribution in [0.25, 0.3) is 0 Å². The topological polar surface area (TPSA) is 71.5 Å². The Morgan fingerprint density at radius 1 is 1.24 bits per heavy atom. The van der Waals surface area contributed by atoms with Gasteiger partial charge in [0.2, 0.25) is 0 Å². The maximum absolute atomic E-state index is 10.7. The highest BCUT2D eigenvalue weighted by atomic mass is 16.5. The van der Waals surface area contributed by atoms with Crippen LogP contribution in [-0.2, 0) is 13.0 Å². The van der Waals surface area contributed by atoms with E-state index in [1.54, 1.807) is 19.2 Å². The highest BCUT2D eigenvalue weighted by molar-refractivity contribution is 5.87. The fourth-order valence-corrected chi connectivity index (χ4v) is 1.90. The standard InChI is InChI=1S/C16H18N2O3/c1-21-15-6-2-12(3-7-15)8-9-17-11-14-5-4-13(10-18-14)16(19)20/h2-7,10,17H,8-9,11H2,1H3,(H,19,20). The minimum absolute atomic E-state index is 0.206. The maximum Gasteiger partial charge on any atom is 0.337 e. The van der Waals surface area contributed by atoms with E-state index in [-0.39, 0.29) is 5.56 Å². The molecule has 21 heavy (non-hydrogen) atoms. The van der Waals surface area contributed by atoms with Crippen LogP contribution in [0.3, 0.4) is 0 Å². The van der Waals surface area contributed by atoms with Crippen molar-refractivity contribution in [3.05, 3.63) is 59.4 Å². The molecule has 0 saturated heterocycles. The second-order valence-electron chi connectivity index (χ2n) is 4.62. The van der Waals surface area contributed by atoms with E-state index in [9.17, 15) is 4.79 Å². The van der Waals surface area contributed by atoms with Crippen LogP contribution in [0.15, 0.2) is 42.6 Å². The molecule has 5 nitrogen and oxygen atoms in total. The van der Waals surface area contributed by atoms with Gasteiger partial charge in [0.15, 0.2) is 0 Å². The largest absolute Gasteiger partial charge is 0.497 e. The van der Waals surface area contributed by atoms with Gasteiger partial charge < -0.3 is 15.2 Å². The molecule has 110 valence electrons. The molecule has 1 heterocycles. The molecule has 0 fully saturated rings. The molecule has 2 rings (SSSR count). The van der Waals surface area contributed by atoms with Gasteiger partial charge in [0.1, 0.15) is 5.75 Å². The van der Waals surface area contributed by atoms with E-state index in [1.807, 2.05) is 24.3 Å². The number of carboxylic acid groups (broad SMARTS) is 1. The molecule has 1 aromatic heterocycles. The molecule has 2 aromatic rings. The van der Waals surface area contributed by atoms with Crippen LogP contribution >= 0.6 is 0 Å². The zero-order valence-corrected chi connectivity index (χ0v) is 11.9. The molecular weight excluding hydrogens is 268 g/mol. The number of hydrogen-bond donors (Lipinski definition) is 2. The Labute approximate surface area is 123 Å². The van der Waals surface area contributed by atoms with Crippen LogP contribution in [0.5, 0.6) is 5.75 Å². The predicted octanol–water partition coefficient (Wildman–Crippen LogP) is 2.12. The number of ether oxygens (including phenoxy) is 1. The maximum atomic E-state index is 10.7. The molecule has 0 aliphatic heterocycles. The zero-order valence-electron chi connectivity index (χ0n) is 11.9. The number of pyridine rings is 1. The van der Waals surface area contributed by atoms with Gasteiger partial charge in [-0.05, 0) is 42.8 Å². The number of carboxylic acids is 1. The Balaban J connectivity index is 1.74. The first kappa shape index (κ1) is 15.0. The average Bonchev–Trinajstić information content (AvgIpc) is 2.52. The molecule has 0 aliphatic rings. The fourth-order valence-electron chi connectivity index (χ4n) is 1.90. The van der Waals surface area contributed by atoms with Crippen LogP contribution in [0.1, 0.15) is 21.6 Å². The van der Waals surface area contributed by atoms with Crippen molar-refractivity contribution in [1.82, 2.24) is 10.3 Å². The van der Waals surface area contributed by atoms with Gasteiger partial charge in [-0.1, -0.05) is 12.1 Å². The highest BCUT2D eigenvalue weighted by Gasteiger charge is 2.02. The molecule has 0 aliphatic carbocycles. The summed E-state index contributed by atoms with van der Waals surface area (Å²) in [5.41, 5.74) is 2.27.